The van der Waals surface area contributed by atoms with Crippen molar-refractivity contribution in [2.24, 2.45) is 0 Å². The van der Waals surface area contributed by atoms with Crippen molar-refractivity contribution in [1.29, 1.82) is 0 Å². The van der Waals surface area contributed by atoms with Crippen LogP contribution in [-0.2, 0) is 4.74 Å². The van der Waals surface area contributed by atoms with E-state index in [0.29, 0.717) is 0 Å². The van der Waals surface area contributed by atoms with Gasteiger partial charge >= 0.3 is 0 Å². The van der Waals surface area contributed by atoms with Crippen LogP contribution < -0.4 is 5.32 Å². The first kappa shape index (κ1) is 17.9. The molecule has 0 aromatic carbocycles. The number of methoxy groups -OCH3 is 1. The van der Waals surface area contributed by atoms with Crippen molar-refractivity contribution in [3.63, 3.8) is 0 Å². The van der Waals surface area contributed by atoms with Gasteiger partial charge in [0.05, 0.1) is 6.61 Å². The van der Waals surface area contributed by atoms with Gasteiger partial charge in [-0.3, -0.25) is 0 Å². The van der Waals surface area contributed by atoms with Gasteiger partial charge in [-0.25, -0.2) is 0 Å². The Kier molecular flexibility index (Phi) is 14.8. The Morgan fingerprint density at radius 2 is 1.44 bits per heavy atom. The molecule has 0 fully saturated rings. The van der Waals surface area contributed by atoms with Crippen molar-refractivity contribution >= 4 is 0 Å². The lowest BCUT2D eigenvalue weighted by molar-refractivity contribution is 0.199. The predicted molar refractivity (Wildman–Crippen MR) is 80.2 cm³/mol. The minimum absolute atomic E-state index is 0.819. The normalized spacial score (nSPS) is 11.3. The van der Waals surface area contributed by atoms with E-state index in [2.05, 4.69) is 24.1 Å². The van der Waals surface area contributed by atoms with E-state index in [1.165, 1.54) is 58.2 Å². The van der Waals surface area contributed by atoms with Crippen LogP contribution in [0.1, 0.15) is 52.4 Å². The first-order valence-electron chi connectivity index (χ1n) is 7.77. The summed E-state index contributed by atoms with van der Waals surface area (Å²) in [5.41, 5.74) is 0. The molecule has 0 aliphatic heterocycles. The maximum atomic E-state index is 5.00. The summed E-state index contributed by atoms with van der Waals surface area (Å²) in [5.74, 6) is 0. The molecule has 110 valence electrons. The van der Waals surface area contributed by atoms with Gasteiger partial charge < -0.3 is 15.0 Å². The molecule has 0 spiro atoms. The summed E-state index contributed by atoms with van der Waals surface area (Å²) in [6.45, 7) is 11.3. The van der Waals surface area contributed by atoms with Crippen LogP contribution in [0.25, 0.3) is 0 Å². The molecular formula is C15H34N2O. The molecule has 0 saturated heterocycles. The lowest BCUT2D eigenvalue weighted by atomic mass is 10.2. The zero-order valence-electron chi connectivity index (χ0n) is 12.8. The summed E-state index contributed by atoms with van der Waals surface area (Å²) in [6.07, 6.45) is 7.89. The van der Waals surface area contributed by atoms with Crippen molar-refractivity contribution in [2.75, 3.05) is 46.4 Å². The molecule has 0 atom stereocenters. The van der Waals surface area contributed by atoms with Crippen LogP contribution in [0.5, 0.6) is 0 Å². The molecule has 0 bridgehead atoms. The first-order valence-corrected chi connectivity index (χ1v) is 7.77. The highest BCUT2D eigenvalue weighted by Gasteiger charge is 2.02. The Morgan fingerprint density at radius 3 is 2.00 bits per heavy atom. The number of unbranched alkanes of at least 4 members (excludes halogenated alkanes) is 3. The molecule has 0 heterocycles. The van der Waals surface area contributed by atoms with Gasteiger partial charge in [-0.15, -0.1) is 0 Å². The van der Waals surface area contributed by atoms with Gasteiger partial charge in [-0.05, 0) is 51.9 Å². The fraction of sp³-hybridized carbons (Fsp3) is 1.00. The maximum Gasteiger partial charge on any atom is 0.0587 e. The van der Waals surface area contributed by atoms with Gasteiger partial charge in [-0.1, -0.05) is 26.7 Å². The first-order chi connectivity index (χ1) is 8.85. The summed E-state index contributed by atoms with van der Waals surface area (Å²) < 4.78 is 5.00. The van der Waals surface area contributed by atoms with Gasteiger partial charge in [0, 0.05) is 13.7 Å². The molecule has 0 rings (SSSR count). The second-order valence-corrected chi connectivity index (χ2v) is 5.00. The lowest BCUT2D eigenvalue weighted by Crippen LogP contribution is -2.28. The topological polar surface area (TPSA) is 24.5 Å². The Hall–Kier alpha value is -0.120. The smallest absolute Gasteiger partial charge is 0.0587 e. The molecule has 0 aliphatic rings. The Morgan fingerprint density at radius 1 is 0.833 bits per heavy atom. The molecular weight excluding hydrogens is 224 g/mol. The van der Waals surface area contributed by atoms with Crippen molar-refractivity contribution in [2.45, 2.75) is 52.4 Å². The Balaban J connectivity index is 3.43. The van der Waals surface area contributed by atoms with Crippen LogP contribution in [0.15, 0.2) is 0 Å². The van der Waals surface area contributed by atoms with Gasteiger partial charge in [-0.2, -0.15) is 0 Å². The number of nitrogens with one attached hydrogen (secondary N) is 1. The maximum absolute atomic E-state index is 5.00. The third-order valence-electron chi connectivity index (χ3n) is 3.22. The molecule has 0 amide bonds. The van der Waals surface area contributed by atoms with E-state index < -0.39 is 0 Å². The Bertz CT molecular complexity index is 145. The molecule has 1 N–H and O–H groups in total. The fourth-order valence-electron chi connectivity index (χ4n) is 1.98. The quantitative estimate of drug-likeness (QED) is 0.485. The van der Waals surface area contributed by atoms with Crippen molar-refractivity contribution in [1.82, 2.24) is 10.2 Å². The summed E-state index contributed by atoms with van der Waals surface area (Å²) in [7, 11) is 1.75. The largest absolute Gasteiger partial charge is 0.383 e. The molecule has 0 saturated carbocycles. The minimum atomic E-state index is 0.819. The minimum Gasteiger partial charge on any atom is -0.383 e. The molecule has 0 unspecified atom stereocenters. The van der Waals surface area contributed by atoms with E-state index in [4.69, 9.17) is 4.74 Å². The SMILES string of the molecule is CCCCN(CCCC)CCCCNCCOC. The second-order valence-electron chi connectivity index (χ2n) is 5.00. The van der Waals surface area contributed by atoms with Crippen LogP contribution in [0, 0.1) is 0 Å². The average molecular weight is 258 g/mol. The third kappa shape index (κ3) is 12.3. The summed E-state index contributed by atoms with van der Waals surface area (Å²) >= 11 is 0. The highest BCUT2D eigenvalue weighted by atomic mass is 16.5. The van der Waals surface area contributed by atoms with E-state index in [1.54, 1.807) is 7.11 Å². The van der Waals surface area contributed by atoms with E-state index in [9.17, 15) is 0 Å². The zero-order chi connectivity index (χ0) is 13.5. The standard InChI is InChI=1S/C15H34N2O/c1-4-6-12-17(13-7-5-2)14-9-8-10-16-11-15-18-3/h16H,4-15H2,1-3H3. The van der Waals surface area contributed by atoms with E-state index in [0.717, 1.165) is 19.7 Å². The number of hydrogen-bond donors (Lipinski definition) is 1. The van der Waals surface area contributed by atoms with E-state index in [1.807, 2.05) is 0 Å². The van der Waals surface area contributed by atoms with Crippen LogP contribution >= 0.6 is 0 Å². The van der Waals surface area contributed by atoms with Crippen molar-refractivity contribution < 1.29 is 4.74 Å². The van der Waals surface area contributed by atoms with Gasteiger partial charge in [0.2, 0.25) is 0 Å². The van der Waals surface area contributed by atoms with E-state index in [-0.39, 0.29) is 0 Å². The third-order valence-corrected chi connectivity index (χ3v) is 3.22. The molecule has 3 nitrogen and oxygen atoms in total. The van der Waals surface area contributed by atoms with Gasteiger partial charge in [0.25, 0.3) is 0 Å². The lowest BCUT2D eigenvalue weighted by Gasteiger charge is -2.21. The monoisotopic (exact) mass is 258 g/mol. The number of ether oxygens (including phenoxy) is 1. The molecule has 18 heavy (non-hydrogen) atoms. The van der Waals surface area contributed by atoms with Crippen LogP contribution in [0.4, 0.5) is 0 Å². The van der Waals surface area contributed by atoms with Crippen LogP contribution in [0.2, 0.25) is 0 Å². The number of nitrogens with zero attached hydrogens (tertiary/aromatic N) is 1. The average Bonchev–Trinajstić information content (AvgIpc) is 2.40. The van der Waals surface area contributed by atoms with E-state index >= 15 is 0 Å². The van der Waals surface area contributed by atoms with Crippen molar-refractivity contribution in [3.8, 4) is 0 Å². The highest BCUT2D eigenvalue weighted by molar-refractivity contribution is 4.59. The molecule has 0 aromatic heterocycles. The van der Waals surface area contributed by atoms with Crippen LogP contribution in [0.3, 0.4) is 0 Å². The predicted octanol–water partition coefficient (Wildman–Crippen LogP) is 2.90. The zero-order valence-corrected chi connectivity index (χ0v) is 12.8. The van der Waals surface area contributed by atoms with Gasteiger partial charge in [0.15, 0.2) is 0 Å². The number of hydrogen-bond acceptors (Lipinski definition) is 3. The highest BCUT2D eigenvalue weighted by Crippen LogP contribution is 2.01. The summed E-state index contributed by atoms with van der Waals surface area (Å²) in [5, 5.41) is 3.40. The number of rotatable bonds is 14. The molecule has 0 aliphatic carbocycles. The Labute approximate surface area is 114 Å². The molecule has 3 heteroatoms. The van der Waals surface area contributed by atoms with Crippen LogP contribution in [-0.4, -0.2) is 51.3 Å². The fourth-order valence-corrected chi connectivity index (χ4v) is 1.98. The summed E-state index contributed by atoms with van der Waals surface area (Å²) in [4.78, 5) is 2.64. The van der Waals surface area contributed by atoms with Gasteiger partial charge in [0.1, 0.15) is 0 Å². The molecule has 0 radical (unpaired) electrons. The van der Waals surface area contributed by atoms with Crippen molar-refractivity contribution in [3.05, 3.63) is 0 Å². The summed E-state index contributed by atoms with van der Waals surface area (Å²) in [6, 6.07) is 0. The second kappa shape index (κ2) is 14.9. The molecule has 0 aromatic rings.